The van der Waals surface area contributed by atoms with Gasteiger partial charge in [-0.25, -0.2) is 0 Å². The Morgan fingerprint density at radius 1 is 1.18 bits per heavy atom. The normalized spacial score (nSPS) is 13.1. The quantitative estimate of drug-likeness (QED) is 0.489. The third-order valence-electron chi connectivity index (χ3n) is 5.43. The highest BCUT2D eigenvalue weighted by Crippen LogP contribution is 2.33. The maximum Gasteiger partial charge on any atom is 0.239 e. The van der Waals surface area contributed by atoms with Crippen molar-refractivity contribution in [3.63, 3.8) is 0 Å². The van der Waals surface area contributed by atoms with Gasteiger partial charge >= 0.3 is 0 Å². The summed E-state index contributed by atoms with van der Waals surface area (Å²) in [6, 6.07) is 13.9. The summed E-state index contributed by atoms with van der Waals surface area (Å²) in [5.74, 6) is 0.471. The zero-order valence-corrected chi connectivity index (χ0v) is 20.4. The monoisotopic (exact) mass is 483 g/mol. The Morgan fingerprint density at radius 2 is 1.94 bits per heavy atom. The van der Waals surface area contributed by atoms with Crippen LogP contribution in [0.2, 0.25) is 5.02 Å². The first-order chi connectivity index (χ1) is 15.8. The highest BCUT2D eigenvalue weighted by atomic mass is 35.5. The number of amides is 2. The van der Waals surface area contributed by atoms with Crippen molar-refractivity contribution < 1.29 is 9.59 Å². The van der Waals surface area contributed by atoms with Gasteiger partial charge < -0.3 is 10.2 Å². The summed E-state index contributed by atoms with van der Waals surface area (Å²) in [4.78, 5) is 26.2. The SMILES string of the molecule is Cc1ccc(C)c(-n2c(SCC(=O)N(C)CC(=O)NC3CC3)nnc2-c2ccccc2Cl)c1. The van der Waals surface area contributed by atoms with Gasteiger partial charge in [-0.15, -0.1) is 10.2 Å². The molecule has 1 aliphatic carbocycles. The molecule has 2 amide bonds. The van der Waals surface area contributed by atoms with Gasteiger partial charge in [0.15, 0.2) is 11.0 Å². The molecule has 0 saturated heterocycles. The molecule has 0 spiro atoms. The number of nitrogens with one attached hydrogen (secondary N) is 1. The molecule has 0 radical (unpaired) electrons. The van der Waals surface area contributed by atoms with Gasteiger partial charge in [0.1, 0.15) is 0 Å². The summed E-state index contributed by atoms with van der Waals surface area (Å²) >= 11 is 7.76. The van der Waals surface area contributed by atoms with Crippen LogP contribution in [0.1, 0.15) is 24.0 Å². The molecule has 4 rings (SSSR count). The highest BCUT2D eigenvalue weighted by molar-refractivity contribution is 7.99. The average Bonchev–Trinajstić information content (AvgIpc) is 3.50. The Labute approximate surface area is 202 Å². The van der Waals surface area contributed by atoms with Crippen molar-refractivity contribution in [1.82, 2.24) is 25.0 Å². The number of hydrogen-bond acceptors (Lipinski definition) is 5. The molecular formula is C24H26ClN5O2S. The molecule has 1 fully saturated rings. The molecule has 1 aliphatic rings. The average molecular weight is 484 g/mol. The van der Waals surface area contributed by atoms with Crippen molar-refractivity contribution in [2.45, 2.75) is 37.9 Å². The van der Waals surface area contributed by atoms with E-state index < -0.39 is 0 Å². The summed E-state index contributed by atoms with van der Waals surface area (Å²) in [7, 11) is 1.64. The first-order valence-electron chi connectivity index (χ1n) is 10.8. The molecule has 0 atom stereocenters. The van der Waals surface area contributed by atoms with E-state index in [0.29, 0.717) is 16.0 Å². The van der Waals surface area contributed by atoms with Gasteiger partial charge in [0.2, 0.25) is 11.8 Å². The first-order valence-corrected chi connectivity index (χ1v) is 12.1. The van der Waals surface area contributed by atoms with Gasteiger partial charge in [-0.05, 0) is 56.0 Å². The Kier molecular flexibility index (Phi) is 7.05. The van der Waals surface area contributed by atoms with E-state index in [-0.39, 0.29) is 30.2 Å². The van der Waals surface area contributed by atoms with Gasteiger partial charge in [0.05, 0.1) is 23.0 Å². The van der Waals surface area contributed by atoms with E-state index in [2.05, 4.69) is 27.6 Å². The molecule has 1 aromatic heterocycles. The number of rotatable bonds is 8. The molecule has 1 saturated carbocycles. The second-order valence-electron chi connectivity index (χ2n) is 8.29. The summed E-state index contributed by atoms with van der Waals surface area (Å²) in [5.41, 5.74) is 3.85. The number of aromatic nitrogens is 3. The van der Waals surface area contributed by atoms with Gasteiger partial charge in [0.25, 0.3) is 0 Å². The van der Waals surface area contributed by atoms with Gasteiger partial charge in [0, 0.05) is 18.7 Å². The molecule has 33 heavy (non-hydrogen) atoms. The number of likely N-dealkylation sites (N-methyl/N-ethyl adjacent to an activating group) is 1. The number of hydrogen-bond donors (Lipinski definition) is 1. The highest BCUT2D eigenvalue weighted by Gasteiger charge is 2.25. The van der Waals surface area contributed by atoms with E-state index in [1.165, 1.54) is 16.7 Å². The third-order valence-corrected chi connectivity index (χ3v) is 6.67. The fourth-order valence-electron chi connectivity index (χ4n) is 3.40. The molecule has 1 heterocycles. The second kappa shape index (κ2) is 9.97. The van der Waals surface area contributed by atoms with E-state index in [1.807, 2.05) is 48.7 Å². The maximum absolute atomic E-state index is 12.7. The van der Waals surface area contributed by atoms with Gasteiger partial charge in [-0.2, -0.15) is 0 Å². The molecule has 0 bridgehead atoms. The standard InChI is InChI=1S/C24H26ClN5O2S/c1-15-8-9-16(2)20(12-15)30-23(18-6-4-5-7-19(18)25)27-28-24(30)33-14-22(32)29(3)13-21(31)26-17-10-11-17/h4-9,12,17H,10-11,13-14H2,1-3H3,(H,26,31). The van der Waals surface area contributed by atoms with Crippen molar-refractivity contribution >= 4 is 35.2 Å². The Hall–Kier alpha value is -2.84. The summed E-state index contributed by atoms with van der Waals surface area (Å²) < 4.78 is 1.95. The number of nitrogens with zero attached hydrogens (tertiary/aromatic N) is 4. The predicted octanol–water partition coefficient (Wildman–Crippen LogP) is 4.03. The third kappa shape index (κ3) is 5.57. The summed E-state index contributed by atoms with van der Waals surface area (Å²) in [6.45, 7) is 4.10. The molecular weight excluding hydrogens is 458 g/mol. The molecule has 7 nitrogen and oxygen atoms in total. The minimum Gasteiger partial charge on any atom is -0.352 e. The number of aryl methyl sites for hydroxylation is 2. The number of carbonyl (C=O) groups is 2. The number of halogens is 1. The second-order valence-corrected chi connectivity index (χ2v) is 9.64. The lowest BCUT2D eigenvalue weighted by molar-refractivity contribution is -0.132. The van der Waals surface area contributed by atoms with Crippen LogP contribution in [0.15, 0.2) is 47.6 Å². The number of thioether (sulfide) groups is 1. The van der Waals surface area contributed by atoms with Crippen LogP contribution in [0, 0.1) is 13.8 Å². The lowest BCUT2D eigenvalue weighted by Gasteiger charge is -2.17. The maximum atomic E-state index is 12.7. The topological polar surface area (TPSA) is 80.1 Å². The minimum atomic E-state index is -0.152. The van der Waals surface area contributed by atoms with E-state index in [0.717, 1.165) is 35.2 Å². The largest absolute Gasteiger partial charge is 0.352 e. The lowest BCUT2D eigenvalue weighted by Crippen LogP contribution is -2.39. The summed E-state index contributed by atoms with van der Waals surface area (Å²) in [6.07, 6.45) is 2.03. The Morgan fingerprint density at radius 3 is 2.67 bits per heavy atom. The van der Waals surface area contributed by atoms with Crippen molar-refractivity contribution in [2.75, 3.05) is 19.3 Å². The van der Waals surface area contributed by atoms with E-state index >= 15 is 0 Å². The predicted molar refractivity (Wildman–Crippen MR) is 131 cm³/mol. The Balaban J connectivity index is 1.59. The molecule has 1 N–H and O–H groups in total. The van der Waals surface area contributed by atoms with Crippen LogP contribution in [0.3, 0.4) is 0 Å². The fraction of sp³-hybridized carbons (Fsp3) is 0.333. The van der Waals surface area contributed by atoms with Crippen LogP contribution in [0.4, 0.5) is 0 Å². The first kappa shape index (κ1) is 23.3. The van der Waals surface area contributed by atoms with Gasteiger partial charge in [-0.1, -0.05) is 47.6 Å². The minimum absolute atomic E-state index is 0.0461. The molecule has 0 unspecified atom stereocenters. The molecule has 9 heteroatoms. The van der Waals surface area contributed by atoms with Crippen LogP contribution in [0.25, 0.3) is 17.1 Å². The molecule has 2 aromatic carbocycles. The zero-order chi connectivity index (χ0) is 23.5. The number of benzene rings is 2. The Bertz CT molecular complexity index is 1190. The molecule has 172 valence electrons. The van der Waals surface area contributed by atoms with Crippen molar-refractivity contribution in [3.8, 4) is 17.1 Å². The van der Waals surface area contributed by atoms with Gasteiger partial charge in [-0.3, -0.25) is 14.2 Å². The fourth-order valence-corrected chi connectivity index (χ4v) is 4.50. The van der Waals surface area contributed by atoms with Crippen LogP contribution in [0.5, 0.6) is 0 Å². The van der Waals surface area contributed by atoms with Crippen LogP contribution >= 0.6 is 23.4 Å². The summed E-state index contributed by atoms with van der Waals surface area (Å²) in [5, 5.41) is 12.9. The smallest absolute Gasteiger partial charge is 0.239 e. The van der Waals surface area contributed by atoms with Crippen LogP contribution in [-0.4, -0.2) is 56.9 Å². The van der Waals surface area contributed by atoms with Crippen molar-refractivity contribution in [2.24, 2.45) is 0 Å². The van der Waals surface area contributed by atoms with Crippen LogP contribution < -0.4 is 5.32 Å². The lowest BCUT2D eigenvalue weighted by atomic mass is 10.1. The van der Waals surface area contributed by atoms with E-state index in [1.54, 1.807) is 7.05 Å². The van der Waals surface area contributed by atoms with Crippen molar-refractivity contribution in [3.05, 3.63) is 58.6 Å². The van der Waals surface area contributed by atoms with Crippen LogP contribution in [-0.2, 0) is 9.59 Å². The molecule has 0 aliphatic heterocycles. The molecule has 3 aromatic rings. The van der Waals surface area contributed by atoms with E-state index in [9.17, 15) is 9.59 Å². The number of carbonyl (C=O) groups excluding carboxylic acids is 2. The zero-order valence-electron chi connectivity index (χ0n) is 18.8. The van der Waals surface area contributed by atoms with Crippen molar-refractivity contribution in [1.29, 1.82) is 0 Å². The van der Waals surface area contributed by atoms with E-state index in [4.69, 9.17) is 11.6 Å².